The van der Waals surface area contributed by atoms with Crippen LogP contribution in [0.25, 0.3) is 0 Å². The fourth-order valence-electron chi connectivity index (χ4n) is 3.15. The quantitative estimate of drug-likeness (QED) is 0.750. The van der Waals surface area contributed by atoms with E-state index in [0.717, 1.165) is 19.5 Å². The highest BCUT2D eigenvalue weighted by Crippen LogP contribution is 2.17. The molecule has 1 saturated heterocycles. The fourth-order valence-corrected chi connectivity index (χ4v) is 3.15. The second-order valence-electron chi connectivity index (χ2n) is 6.51. The third-order valence-electron chi connectivity index (χ3n) is 4.57. The van der Waals surface area contributed by atoms with Crippen LogP contribution < -0.4 is 10.6 Å². The summed E-state index contributed by atoms with van der Waals surface area (Å²) in [6, 6.07) is 7.24. The number of piperidine rings is 1. The Hall–Kier alpha value is -1.88. The summed E-state index contributed by atoms with van der Waals surface area (Å²) in [6.45, 7) is 6.65. The summed E-state index contributed by atoms with van der Waals surface area (Å²) in [6.07, 6.45) is 6.04. The van der Waals surface area contributed by atoms with Gasteiger partial charge >= 0.3 is 6.03 Å². The summed E-state index contributed by atoms with van der Waals surface area (Å²) in [5.74, 6) is -0.00664. The zero-order valence-corrected chi connectivity index (χ0v) is 14.8. The van der Waals surface area contributed by atoms with Crippen molar-refractivity contribution in [3.05, 3.63) is 29.8 Å². The Morgan fingerprint density at radius 1 is 1.29 bits per heavy atom. The molecule has 24 heavy (non-hydrogen) atoms. The molecule has 1 aromatic rings. The molecule has 2 rings (SSSR count). The minimum Gasteiger partial charge on any atom is -0.336 e. The van der Waals surface area contributed by atoms with Crippen molar-refractivity contribution in [3.63, 3.8) is 0 Å². The standard InChI is InChI=1S/C19H29N3O2/c1-3-4-11-22-12-6-5-10-18(22)14-20-19(24)21-17-9-7-8-16(13-17)15(2)23/h7-9,13,18H,3-6,10-12,14H2,1-2H3,(H2,20,21,24). The molecule has 0 radical (unpaired) electrons. The normalized spacial score (nSPS) is 18.2. The number of hydrogen-bond donors (Lipinski definition) is 2. The van der Waals surface area contributed by atoms with Crippen molar-refractivity contribution in [3.8, 4) is 0 Å². The van der Waals surface area contributed by atoms with Gasteiger partial charge in [0.1, 0.15) is 0 Å². The van der Waals surface area contributed by atoms with Crippen molar-refractivity contribution in [2.45, 2.75) is 52.0 Å². The number of rotatable bonds is 7. The number of urea groups is 1. The second-order valence-corrected chi connectivity index (χ2v) is 6.51. The molecule has 1 aliphatic heterocycles. The summed E-state index contributed by atoms with van der Waals surface area (Å²) in [5.41, 5.74) is 1.25. The van der Waals surface area contributed by atoms with Crippen LogP contribution in [0.15, 0.2) is 24.3 Å². The molecule has 1 heterocycles. The molecule has 0 bridgehead atoms. The number of Topliss-reactive ketones (excluding diaryl/α,β-unsaturated/α-hetero) is 1. The van der Waals surface area contributed by atoms with Crippen molar-refractivity contribution in [1.82, 2.24) is 10.2 Å². The highest BCUT2D eigenvalue weighted by atomic mass is 16.2. The molecule has 0 spiro atoms. The summed E-state index contributed by atoms with van der Waals surface area (Å²) in [5, 5.41) is 5.79. The van der Waals surface area contributed by atoms with Crippen LogP contribution in [-0.4, -0.2) is 42.4 Å². The van der Waals surface area contributed by atoms with Gasteiger partial charge in [-0.3, -0.25) is 9.69 Å². The number of hydrogen-bond acceptors (Lipinski definition) is 3. The number of nitrogens with one attached hydrogen (secondary N) is 2. The van der Waals surface area contributed by atoms with Gasteiger partial charge in [-0.2, -0.15) is 0 Å². The van der Waals surface area contributed by atoms with Crippen LogP contribution in [0.4, 0.5) is 10.5 Å². The van der Waals surface area contributed by atoms with E-state index in [-0.39, 0.29) is 11.8 Å². The van der Waals surface area contributed by atoms with E-state index in [1.165, 1.54) is 32.6 Å². The maximum absolute atomic E-state index is 12.1. The van der Waals surface area contributed by atoms with E-state index in [2.05, 4.69) is 22.5 Å². The molecule has 2 N–H and O–H groups in total. The molecule has 1 unspecified atom stereocenters. The zero-order chi connectivity index (χ0) is 17.4. The number of anilines is 1. The molecule has 0 aliphatic carbocycles. The van der Waals surface area contributed by atoms with E-state index in [1.54, 1.807) is 24.3 Å². The molecular weight excluding hydrogens is 302 g/mol. The molecule has 1 aromatic carbocycles. The van der Waals surface area contributed by atoms with E-state index in [9.17, 15) is 9.59 Å². The first-order valence-corrected chi connectivity index (χ1v) is 9.00. The molecule has 0 saturated carbocycles. The van der Waals surface area contributed by atoms with Gasteiger partial charge in [-0.1, -0.05) is 31.9 Å². The van der Waals surface area contributed by atoms with E-state index < -0.39 is 0 Å². The summed E-state index contributed by atoms with van der Waals surface area (Å²) in [7, 11) is 0. The molecule has 0 aromatic heterocycles. The Morgan fingerprint density at radius 3 is 2.88 bits per heavy atom. The van der Waals surface area contributed by atoms with Crippen molar-refractivity contribution in [1.29, 1.82) is 0 Å². The van der Waals surface area contributed by atoms with E-state index in [4.69, 9.17) is 0 Å². The van der Waals surface area contributed by atoms with Gasteiger partial charge in [0.2, 0.25) is 0 Å². The molecule has 5 nitrogen and oxygen atoms in total. The lowest BCUT2D eigenvalue weighted by molar-refractivity contribution is 0.101. The summed E-state index contributed by atoms with van der Waals surface area (Å²) >= 11 is 0. The first-order valence-electron chi connectivity index (χ1n) is 9.00. The molecule has 5 heteroatoms. The van der Waals surface area contributed by atoms with Crippen LogP contribution >= 0.6 is 0 Å². The third kappa shape index (κ3) is 5.64. The Labute approximate surface area is 144 Å². The van der Waals surface area contributed by atoms with Crippen molar-refractivity contribution in [2.75, 3.05) is 25.0 Å². The first-order chi connectivity index (χ1) is 11.6. The van der Waals surface area contributed by atoms with Crippen LogP contribution in [-0.2, 0) is 0 Å². The monoisotopic (exact) mass is 331 g/mol. The Balaban J connectivity index is 1.83. The molecular formula is C19H29N3O2. The molecule has 2 amide bonds. The Bertz CT molecular complexity index is 559. The maximum atomic E-state index is 12.1. The van der Waals surface area contributed by atoms with Gasteiger partial charge in [0, 0.05) is 23.8 Å². The maximum Gasteiger partial charge on any atom is 0.319 e. The summed E-state index contributed by atoms with van der Waals surface area (Å²) < 4.78 is 0. The van der Waals surface area contributed by atoms with Crippen molar-refractivity contribution >= 4 is 17.5 Å². The van der Waals surface area contributed by atoms with Crippen LogP contribution in [0, 0.1) is 0 Å². The number of carbonyl (C=O) groups is 2. The van der Waals surface area contributed by atoms with Crippen LogP contribution in [0.3, 0.4) is 0 Å². The SMILES string of the molecule is CCCCN1CCCCC1CNC(=O)Nc1cccc(C(C)=O)c1. The van der Waals surface area contributed by atoms with Gasteiger partial charge in [0.25, 0.3) is 0 Å². The van der Waals surface area contributed by atoms with Gasteiger partial charge < -0.3 is 10.6 Å². The van der Waals surface area contributed by atoms with Crippen molar-refractivity contribution in [2.24, 2.45) is 0 Å². The minimum atomic E-state index is -0.211. The number of nitrogens with zero attached hydrogens (tertiary/aromatic N) is 1. The number of amides is 2. The molecule has 1 aliphatic rings. The Morgan fingerprint density at radius 2 is 2.12 bits per heavy atom. The van der Waals surface area contributed by atoms with Crippen LogP contribution in [0.1, 0.15) is 56.3 Å². The van der Waals surface area contributed by atoms with Gasteiger partial charge in [-0.25, -0.2) is 4.79 Å². The lowest BCUT2D eigenvalue weighted by Crippen LogP contribution is -2.47. The average Bonchev–Trinajstić information content (AvgIpc) is 2.59. The number of ketones is 1. The highest BCUT2D eigenvalue weighted by molar-refractivity contribution is 5.96. The largest absolute Gasteiger partial charge is 0.336 e. The van der Waals surface area contributed by atoms with Crippen molar-refractivity contribution < 1.29 is 9.59 Å². The number of likely N-dealkylation sites (tertiary alicyclic amines) is 1. The average molecular weight is 331 g/mol. The molecule has 132 valence electrons. The lowest BCUT2D eigenvalue weighted by Gasteiger charge is -2.35. The predicted octanol–water partition coefficient (Wildman–Crippen LogP) is 3.67. The van der Waals surface area contributed by atoms with E-state index >= 15 is 0 Å². The van der Waals surface area contributed by atoms with E-state index in [0.29, 0.717) is 23.8 Å². The Kier molecular flexibility index (Phi) is 7.25. The molecule has 1 atom stereocenters. The third-order valence-corrected chi connectivity index (χ3v) is 4.57. The fraction of sp³-hybridized carbons (Fsp3) is 0.579. The van der Waals surface area contributed by atoms with Gasteiger partial charge in [0.05, 0.1) is 0 Å². The van der Waals surface area contributed by atoms with Crippen LogP contribution in [0.5, 0.6) is 0 Å². The van der Waals surface area contributed by atoms with Gasteiger partial charge in [-0.05, 0) is 51.4 Å². The van der Waals surface area contributed by atoms with E-state index in [1.807, 2.05) is 0 Å². The molecule has 1 fully saturated rings. The predicted molar refractivity (Wildman–Crippen MR) is 97.6 cm³/mol. The second kappa shape index (κ2) is 9.42. The van der Waals surface area contributed by atoms with Gasteiger partial charge in [-0.15, -0.1) is 0 Å². The number of benzene rings is 1. The zero-order valence-electron chi connectivity index (χ0n) is 14.8. The lowest BCUT2D eigenvalue weighted by atomic mass is 10.0. The van der Waals surface area contributed by atoms with Gasteiger partial charge in [0.15, 0.2) is 5.78 Å². The number of carbonyl (C=O) groups excluding carboxylic acids is 2. The minimum absolute atomic E-state index is 0.00664. The van der Waals surface area contributed by atoms with Crippen LogP contribution in [0.2, 0.25) is 0 Å². The highest BCUT2D eigenvalue weighted by Gasteiger charge is 2.22. The number of unbranched alkanes of at least 4 members (excludes halogenated alkanes) is 1. The summed E-state index contributed by atoms with van der Waals surface area (Å²) in [4.78, 5) is 26.0. The first kappa shape index (κ1) is 18.5. The topological polar surface area (TPSA) is 61.4 Å². The smallest absolute Gasteiger partial charge is 0.319 e.